The van der Waals surface area contributed by atoms with Crippen molar-refractivity contribution in [3.63, 3.8) is 0 Å². The number of aromatic nitrogens is 1. The van der Waals surface area contributed by atoms with Gasteiger partial charge < -0.3 is 10.5 Å². The van der Waals surface area contributed by atoms with Gasteiger partial charge in [0, 0.05) is 0 Å². The molecule has 2 aromatic rings. The van der Waals surface area contributed by atoms with Crippen molar-refractivity contribution in [1.82, 2.24) is 4.98 Å². The molecule has 106 valence electrons. The largest absolute Gasteiger partial charge is 0.495 e. The molecule has 3 N–H and O–H groups in total. The van der Waals surface area contributed by atoms with Crippen molar-refractivity contribution in [2.24, 2.45) is 0 Å². The van der Waals surface area contributed by atoms with Crippen molar-refractivity contribution >= 4 is 21.5 Å². The van der Waals surface area contributed by atoms with Crippen molar-refractivity contribution in [2.75, 3.05) is 17.6 Å². The predicted octanol–water partition coefficient (Wildman–Crippen LogP) is 1.61. The Morgan fingerprint density at radius 3 is 2.60 bits per heavy atom. The first-order chi connectivity index (χ1) is 9.42. The highest BCUT2D eigenvalue weighted by Gasteiger charge is 2.16. The molecule has 1 aromatic carbocycles. The van der Waals surface area contributed by atoms with E-state index < -0.39 is 15.8 Å². The fourth-order valence-corrected chi connectivity index (χ4v) is 2.56. The Morgan fingerprint density at radius 2 is 2.05 bits per heavy atom. The monoisotopic (exact) mass is 297 g/mol. The van der Waals surface area contributed by atoms with Gasteiger partial charge in [0.15, 0.2) is 0 Å². The third kappa shape index (κ3) is 2.97. The summed E-state index contributed by atoms with van der Waals surface area (Å²) in [5.41, 5.74) is 5.86. The van der Waals surface area contributed by atoms with E-state index in [0.29, 0.717) is 5.75 Å². The van der Waals surface area contributed by atoms with Crippen LogP contribution in [0.25, 0.3) is 0 Å². The van der Waals surface area contributed by atoms with E-state index in [1.807, 2.05) is 0 Å². The van der Waals surface area contributed by atoms with Crippen LogP contribution in [0, 0.1) is 5.82 Å². The fourth-order valence-electron chi connectivity index (χ4n) is 1.51. The number of hydrogen-bond acceptors (Lipinski definition) is 5. The number of halogens is 1. The van der Waals surface area contributed by atoms with Crippen molar-refractivity contribution in [3.8, 4) is 5.75 Å². The maximum absolute atomic E-state index is 12.7. The Bertz CT molecular complexity index is 717. The minimum Gasteiger partial charge on any atom is -0.495 e. The van der Waals surface area contributed by atoms with Crippen LogP contribution in [-0.2, 0) is 10.0 Å². The number of anilines is 2. The molecule has 0 saturated carbocycles. The van der Waals surface area contributed by atoms with Crippen LogP contribution >= 0.6 is 0 Å². The molecule has 8 heteroatoms. The van der Waals surface area contributed by atoms with Crippen molar-refractivity contribution in [2.45, 2.75) is 4.90 Å². The Balaban J connectivity index is 2.30. The zero-order valence-electron chi connectivity index (χ0n) is 10.5. The number of ether oxygens (including phenoxy) is 1. The van der Waals surface area contributed by atoms with Crippen molar-refractivity contribution in [3.05, 3.63) is 42.3 Å². The number of benzene rings is 1. The van der Waals surface area contributed by atoms with Crippen LogP contribution < -0.4 is 15.2 Å². The molecule has 0 aliphatic heterocycles. The minimum absolute atomic E-state index is 0.0146. The highest BCUT2D eigenvalue weighted by molar-refractivity contribution is 7.92. The van der Waals surface area contributed by atoms with E-state index in [1.54, 1.807) is 0 Å². The van der Waals surface area contributed by atoms with Crippen LogP contribution in [0.2, 0.25) is 0 Å². The molecule has 0 unspecified atom stereocenters. The second kappa shape index (κ2) is 5.33. The molecule has 0 amide bonds. The van der Waals surface area contributed by atoms with Crippen LogP contribution in [0.1, 0.15) is 0 Å². The lowest BCUT2D eigenvalue weighted by molar-refractivity contribution is 0.416. The lowest BCUT2D eigenvalue weighted by Gasteiger charge is -2.09. The molecule has 1 aromatic heterocycles. The summed E-state index contributed by atoms with van der Waals surface area (Å²) in [5, 5.41) is 0. The number of nitrogens with two attached hydrogens (primary N) is 1. The lowest BCUT2D eigenvalue weighted by atomic mass is 10.3. The van der Waals surface area contributed by atoms with Gasteiger partial charge in [-0.2, -0.15) is 0 Å². The van der Waals surface area contributed by atoms with E-state index in [1.165, 1.54) is 31.4 Å². The van der Waals surface area contributed by atoms with Crippen LogP contribution in [0.4, 0.5) is 15.9 Å². The molecule has 0 aliphatic rings. The fraction of sp³-hybridized carbons (Fsp3) is 0.0833. The maximum Gasteiger partial charge on any atom is 0.263 e. The molecule has 0 radical (unpaired) electrons. The van der Waals surface area contributed by atoms with Gasteiger partial charge in [-0.1, -0.05) is 0 Å². The quantitative estimate of drug-likeness (QED) is 0.836. The van der Waals surface area contributed by atoms with E-state index in [-0.39, 0.29) is 16.4 Å². The van der Waals surface area contributed by atoms with E-state index in [9.17, 15) is 12.8 Å². The number of nitrogens with one attached hydrogen (secondary N) is 1. The first kappa shape index (κ1) is 14.1. The van der Waals surface area contributed by atoms with Crippen molar-refractivity contribution in [1.29, 1.82) is 0 Å². The average Bonchev–Trinajstić information content (AvgIpc) is 2.41. The number of methoxy groups -OCH3 is 1. The van der Waals surface area contributed by atoms with Gasteiger partial charge in [-0.3, -0.25) is 4.72 Å². The maximum atomic E-state index is 12.7. The summed E-state index contributed by atoms with van der Waals surface area (Å²) in [6, 6.07) is 6.39. The van der Waals surface area contributed by atoms with Crippen LogP contribution in [0.5, 0.6) is 5.75 Å². The van der Waals surface area contributed by atoms with Gasteiger partial charge in [-0.05, 0) is 30.3 Å². The summed E-state index contributed by atoms with van der Waals surface area (Å²) >= 11 is 0. The third-order valence-electron chi connectivity index (χ3n) is 2.48. The summed E-state index contributed by atoms with van der Waals surface area (Å²) in [6.07, 6.45) is 0.917. The lowest BCUT2D eigenvalue weighted by Crippen LogP contribution is -2.14. The Morgan fingerprint density at radius 1 is 1.30 bits per heavy atom. The molecule has 0 fully saturated rings. The summed E-state index contributed by atoms with van der Waals surface area (Å²) < 4.78 is 44.1. The highest BCUT2D eigenvalue weighted by Crippen LogP contribution is 2.25. The second-order valence-corrected chi connectivity index (χ2v) is 5.55. The molecule has 6 nitrogen and oxygen atoms in total. The molecule has 0 bridgehead atoms. The first-order valence-corrected chi connectivity index (χ1v) is 6.98. The summed E-state index contributed by atoms with van der Waals surface area (Å²) in [7, 11) is -2.41. The highest BCUT2D eigenvalue weighted by atomic mass is 32.2. The van der Waals surface area contributed by atoms with Gasteiger partial charge >= 0.3 is 0 Å². The van der Waals surface area contributed by atoms with Gasteiger partial charge in [0.05, 0.1) is 23.9 Å². The number of nitrogen functional groups attached to an aromatic ring is 1. The molecule has 20 heavy (non-hydrogen) atoms. The Kier molecular flexibility index (Phi) is 3.75. The predicted molar refractivity (Wildman–Crippen MR) is 72.4 cm³/mol. The topological polar surface area (TPSA) is 94.3 Å². The number of hydrogen-bond donors (Lipinski definition) is 2. The van der Waals surface area contributed by atoms with Crippen LogP contribution in [0.15, 0.2) is 41.4 Å². The van der Waals surface area contributed by atoms with Gasteiger partial charge in [-0.15, -0.1) is 0 Å². The molecule has 0 saturated heterocycles. The summed E-state index contributed by atoms with van der Waals surface area (Å²) in [4.78, 5) is 3.58. The molecule has 0 atom stereocenters. The SMILES string of the molecule is COc1ccc(S(=O)(=O)Nc2ccc(F)cn2)cc1N. The molecule has 0 spiro atoms. The molecule has 2 rings (SSSR count). The van der Waals surface area contributed by atoms with E-state index in [2.05, 4.69) is 9.71 Å². The van der Waals surface area contributed by atoms with Crippen LogP contribution in [-0.4, -0.2) is 20.5 Å². The number of rotatable bonds is 4. The van der Waals surface area contributed by atoms with Gasteiger partial charge in [0.2, 0.25) is 0 Å². The van der Waals surface area contributed by atoms with Gasteiger partial charge in [-0.25, -0.2) is 17.8 Å². The second-order valence-electron chi connectivity index (χ2n) is 3.87. The standard InChI is InChI=1S/C12H12FN3O3S/c1-19-11-4-3-9(6-10(11)14)20(17,18)16-12-5-2-8(13)7-15-12/h2-7H,14H2,1H3,(H,15,16). The van der Waals surface area contributed by atoms with E-state index >= 15 is 0 Å². The van der Waals surface area contributed by atoms with Crippen LogP contribution in [0.3, 0.4) is 0 Å². The summed E-state index contributed by atoms with van der Waals surface area (Å²) in [6.45, 7) is 0. The molecule has 0 aliphatic carbocycles. The average molecular weight is 297 g/mol. The number of sulfonamides is 1. The Labute approximate surface area is 115 Å². The molecule has 1 heterocycles. The smallest absolute Gasteiger partial charge is 0.263 e. The zero-order valence-corrected chi connectivity index (χ0v) is 11.3. The van der Waals surface area contributed by atoms with Gasteiger partial charge in [0.25, 0.3) is 10.0 Å². The molecular weight excluding hydrogens is 285 g/mol. The molecular formula is C12H12FN3O3S. The third-order valence-corrected chi connectivity index (χ3v) is 3.83. The van der Waals surface area contributed by atoms with E-state index in [0.717, 1.165) is 12.3 Å². The number of pyridine rings is 1. The summed E-state index contributed by atoms with van der Waals surface area (Å²) in [5.74, 6) is -0.161. The van der Waals surface area contributed by atoms with Gasteiger partial charge in [0.1, 0.15) is 17.4 Å². The van der Waals surface area contributed by atoms with E-state index in [4.69, 9.17) is 10.5 Å². The van der Waals surface area contributed by atoms with Crippen molar-refractivity contribution < 1.29 is 17.5 Å². The minimum atomic E-state index is -3.84. The first-order valence-electron chi connectivity index (χ1n) is 5.50. The zero-order chi connectivity index (χ0) is 14.8. The Hall–Kier alpha value is -2.35. The normalized spacial score (nSPS) is 11.1. The number of nitrogens with zero attached hydrogens (tertiary/aromatic N) is 1.